The Morgan fingerprint density at radius 3 is 2.50 bits per heavy atom. The molecule has 1 amide bonds. The highest BCUT2D eigenvalue weighted by atomic mass is 16.2. The molecule has 2 atom stereocenters. The first-order chi connectivity index (χ1) is 6.30. The van der Waals surface area contributed by atoms with Gasteiger partial charge in [-0.1, -0.05) is 20.8 Å². The van der Waals surface area contributed by atoms with E-state index in [1.54, 1.807) is 0 Å². The van der Waals surface area contributed by atoms with Crippen molar-refractivity contribution in [3.8, 4) is 0 Å². The van der Waals surface area contributed by atoms with Crippen molar-refractivity contribution in [2.45, 2.75) is 40.2 Å². The van der Waals surface area contributed by atoms with Gasteiger partial charge in [-0.25, -0.2) is 0 Å². The molecule has 0 spiro atoms. The molecule has 0 radical (unpaired) electrons. The van der Waals surface area contributed by atoms with Gasteiger partial charge in [-0.05, 0) is 18.3 Å². The van der Waals surface area contributed by atoms with Gasteiger partial charge in [0.25, 0.3) is 0 Å². The highest BCUT2D eigenvalue weighted by Crippen LogP contribution is 2.34. The average Bonchev–Trinajstić information content (AvgIpc) is 2.30. The SMILES string of the molecule is CC(N)CN1CC(C(C)(C)C)CC1=O. The summed E-state index contributed by atoms with van der Waals surface area (Å²) in [5.41, 5.74) is 5.92. The molecule has 1 rings (SSSR count). The molecule has 1 heterocycles. The van der Waals surface area contributed by atoms with E-state index >= 15 is 0 Å². The monoisotopic (exact) mass is 198 g/mol. The van der Waals surface area contributed by atoms with E-state index in [2.05, 4.69) is 20.8 Å². The molecule has 3 nitrogen and oxygen atoms in total. The summed E-state index contributed by atoms with van der Waals surface area (Å²) in [5, 5.41) is 0. The fourth-order valence-corrected chi connectivity index (χ4v) is 1.88. The Labute approximate surface area is 86.6 Å². The van der Waals surface area contributed by atoms with Crippen LogP contribution in [-0.4, -0.2) is 29.9 Å². The van der Waals surface area contributed by atoms with Crippen molar-refractivity contribution >= 4 is 5.91 Å². The van der Waals surface area contributed by atoms with Crippen molar-refractivity contribution in [2.24, 2.45) is 17.1 Å². The fourth-order valence-electron chi connectivity index (χ4n) is 1.88. The van der Waals surface area contributed by atoms with Crippen LogP contribution in [0.25, 0.3) is 0 Å². The summed E-state index contributed by atoms with van der Waals surface area (Å²) >= 11 is 0. The van der Waals surface area contributed by atoms with E-state index in [4.69, 9.17) is 5.73 Å². The summed E-state index contributed by atoms with van der Waals surface area (Å²) in [5.74, 6) is 0.746. The maximum absolute atomic E-state index is 11.6. The number of nitrogens with two attached hydrogens (primary N) is 1. The van der Waals surface area contributed by atoms with Crippen molar-refractivity contribution in [1.82, 2.24) is 4.90 Å². The van der Waals surface area contributed by atoms with E-state index in [0.717, 1.165) is 6.54 Å². The number of amides is 1. The van der Waals surface area contributed by atoms with Crippen molar-refractivity contribution in [3.63, 3.8) is 0 Å². The molecule has 1 aliphatic rings. The molecule has 1 saturated heterocycles. The Bertz CT molecular complexity index is 218. The number of carbonyl (C=O) groups is 1. The smallest absolute Gasteiger partial charge is 0.222 e. The van der Waals surface area contributed by atoms with Gasteiger partial charge in [0, 0.05) is 25.6 Å². The third-order valence-corrected chi connectivity index (χ3v) is 2.95. The first kappa shape index (κ1) is 11.5. The van der Waals surface area contributed by atoms with E-state index in [1.807, 2.05) is 11.8 Å². The molecular formula is C11H22N2O. The molecule has 14 heavy (non-hydrogen) atoms. The van der Waals surface area contributed by atoms with E-state index < -0.39 is 0 Å². The third kappa shape index (κ3) is 2.71. The molecule has 0 saturated carbocycles. The minimum absolute atomic E-state index is 0.0812. The van der Waals surface area contributed by atoms with Crippen molar-refractivity contribution < 1.29 is 4.79 Å². The van der Waals surface area contributed by atoms with Crippen LogP contribution in [0.1, 0.15) is 34.1 Å². The van der Waals surface area contributed by atoms with Crippen LogP contribution in [0, 0.1) is 11.3 Å². The van der Waals surface area contributed by atoms with Gasteiger partial charge in [-0.15, -0.1) is 0 Å². The summed E-state index contributed by atoms with van der Waals surface area (Å²) in [6.07, 6.45) is 0.691. The van der Waals surface area contributed by atoms with Gasteiger partial charge >= 0.3 is 0 Å². The van der Waals surface area contributed by atoms with Crippen LogP contribution < -0.4 is 5.73 Å². The third-order valence-electron chi connectivity index (χ3n) is 2.95. The quantitative estimate of drug-likeness (QED) is 0.725. The lowest BCUT2D eigenvalue weighted by molar-refractivity contribution is -0.127. The second kappa shape index (κ2) is 3.89. The molecular weight excluding hydrogens is 176 g/mol. The van der Waals surface area contributed by atoms with Crippen LogP contribution in [0.5, 0.6) is 0 Å². The average molecular weight is 198 g/mol. The lowest BCUT2D eigenvalue weighted by Gasteiger charge is -2.26. The second-order valence-corrected chi connectivity index (χ2v) is 5.54. The first-order valence-corrected chi connectivity index (χ1v) is 5.34. The topological polar surface area (TPSA) is 46.3 Å². The van der Waals surface area contributed by atoms with Crippen LogP contribution in [-0.2, 0) is 4.79 Å². The van der Waals surface area contributed by atoms with Gasteiger partial charge < -0.3 is 10.6 Å². The van der Waals surface area contributed by atoms with Gasteiger partial charge in [0.1, 0.15) is 0 Å². The zero-order valence-electron chi connectivity index (χ0n) is 9.71. The molecule has 1 aliphatic heterocycles. The fraction of sp³-hybridized carbons (Fsp3) is 0.909. The van der Waals surface area contributed by atoms with Crippen LogP contribution in [0.3, 0.4) is 0 Å². The number of rotatable bonds is 2. The summed E-state index contributed by atoms with van der Waals surface area (Å²) in [7, 11) is 0. The molecule has 1 fully saturated rings. The Kier molecular flexibility index (Phi) is 3.20. The molecule has 2 unspecified atom stereocenters. The van der Waals surface area contributed by atoms with E-state index in [1.165, 1.54) is 0 Å². The maximum Gasteiger partial charge on any atom is 0.222 e. The normalized spacial score (nSPS) is 25.6. The van der Waals surface area contributed by atoms with Crippen molar-refractivity contribution in [2.75, 3.05) is 13.1 Å². The van der Waals surface area contributed by atoms with E-state index in [-0.39, 0.29) is 17.4 Å². The second-order valence-electron chi connectivity index (χ2n) is 5.54. The zero-order chi connectivity index (χ0) is 10.9. The minimum Gasteiger partial charge on any atom is -0.341 e. The Balaban J connectivity index is 2.56. The molecule has 0 bridgehead atoms. The maximum atomic E-state index is 11.6. The number of nitrogens with zero attached hydrogens (tertiary/aromatic N) is 1. The predicted molar refractivity (Wildman–Crippen MR) is 57.8 cm³/mol. The molecule has 2 N–H and O–H groups in total. The van der Waals surface area contributed by atoms with Crippen molar-refractivity contribution in [3.05, 3.63) is 0 Å². The molecule has 0 aromatic carbocycles. The summed E-state index contributed by atoms with van der Waals surface area (Å²) < 4.78 is 0. The standard InChI is InChI=1S/C11H22N2O/c1-8(12)6-13-7-9(5-10(13)14)11(2,3)4/h8-9H,5-7,12H2,1-4H3. The number of likely N-dealkylation sites (tertiary alicyclic amines) is 1. The number of carbonyl (C=O) groups excluding carboxylic acids is 1. The summed E-state index contributed by atoms with van der Waals surface area (Å²) in [4.78, 5) is 13.5. The van der Waals surface area contributed by atoms with Crippen LogP contribution in [0.4, 0.5) is 0 Å². The van der Waals surface area contributed by atoms with Gasteiger partial charge in [-0.3, -0.25) is 4.79 Å². The highest BCUT2D eigenvalue weighted by Gasteiger charge is 2.36. The lowest BCUT2D eigenvalue weighted by Crippen LogP contribution is -2.37. The van der Waals surface area contributed by atoms with Crippen LogP contribution >= 0.6 is 0 Å². The predicted octanol–water partition coefficient (Wildman–Crippen LogP) is 1.23. The summed E-state index contributed by atoms with van der Waals surface area (Å²) in [6.45, 7) is 10.1. The largest absolute Gasteiger partial charge is 0.341 e. The Hall–Kier alpha value is -0.570. The van der Waals surface area contributed by atoms with Gasteiger partial charge in [0.2, 0.25) is 5.91 Å². The first-order valence-electron chi connectivity index (χ1n) is 5.34. The van der Waals surface area contributed by atoms with E-state index in [0.29, 0.717) is 18.9 Å². The van der Waals surface area contributed by atoms with Gasteiger partial charge in [0.05, 0.1) is 0 Å². The molecule has 3 heteroatoms. The summed E-state index contributed by atoms with van der Waals surface area (Å²) in [6, 6.07) is 0.0812. The zero-order valence-corrected chi connectivity index (χ0v) is 9.71. The molecule has 0 aromatic heterocycles. The van der Waals surface area contributed by atoms with Crippen molar-refractivity contribution in [1.29, 1.82) is 0 Å². The number of hydrogen-bond donors (Lipinski definition) is 1. The number of hydrogen-bond acceptors (Lipinski definition) is 2. The molecule has 0 aromatic rings. The van der Waals surface area contributed by atoms with Gasteiger partial charge in [0.15, 0.2) is 0 Å². The van der Waals surface area contributed by atoms with Crippen LogP contribution in [0.2, 0.25) is 0 Å². The highest BCUT2D eigenvalue weighted by molar-refractivity contribution is 5.78. The lowest BCUT2D eigenvalue weighted by atomic mass is 9.80. The Morgan fingerprint density at radius 1 is 1.57 bits per heavy atom. The molecule has 82 valence electrons. The van der Waals surface area contributed by atoms with Gasteiger partial charge in [-0.2, -0.15) is 0 Å². The molecule has 0 aliphatic carbocycles. The Morgan fingerprint density at radius 2 is 2.14 bits per heavy atom. The minimum atomic E-state index is 0.0812. The van der Waals surface area contributed by atoms with E-state index in [9.17, 15) is 4.79 Å². The van der Waals surface area contributed by atoms with Crippen LogP contribution in [0.15, 0.2) is 0 Å².